The van der Waals surface area contributed by atoms with E-state index in [0.29, 0.717) is 0 Å². The largest absolute Gasteiger partial charge is 0.430 e. The summed E-state index contributed by atoms with van der Waals surface area (Å²) in [5.74, 6) is -3.07. The van der Waals surface area contributed by atoms with E-state index in [1.54, 1.807) is 6.08 Å². The second-order valence-corrected chi connectivity index (χ2v) is 4.16. The first-order valence-corrected chi connectivity index (χ1v) is 5.79. The molecule has 1 aromatic carbocycles. The van der Waals surface area contributed by atoms with Crippen molar-refractivity contribution in [3.63, 3.8) is 0 Å². The molecule has 2 rings (SSSR count). The lowest BCUT2D eigenvalue weighted by Crippen LogP contribution is -2.34. The monoisotopic (exact) mass is 256 g/mol. The molecule has 0 saturated heterocycles. The number of carbonyl (C=O) groups excluding carboxylic acids is 3. The van der Waals surface area contributed by atoms with E-state index in [0.717, 1.165) is 5.56 Å². The number of hydrogen-bond donors (Lipinski definition) is 0. The van der Waals surface area contributed by atoms with Crippen molar-refractivity contribution in [2.75, 3.05) is 0 Å². The first-order valence-electron chi connectivity index (χ1n) is 5.79. The van der Waals surface area contributed by atoms with E-state index in [-0.39, 0.29) is 5.76 Å². The van der Waals surface area contributed by atoms with Gasteiger partial charge in [0.05, 0.1) is 0 Å². The molecule has 1 aromatic rings. The molecular weight excluding hydrogens is 244 g/mol. The Kier molecular flexibility index (Phi) is 3.71. The van der Waals surface area contributed by atoms with Gasteiger partial charge in [-0.15, -0.1) is 0 Å². The molecule has 1 aliphatic rings. The Morgan fingerprint density at radius 1 is 1.21 bits per heavy atom. The number of ketones is 2. The van der Waals surface area contributed by atoms with Crippen LogP contribution in [0, 0.1) is 5.92 Å². The Balaban J connectivity index is 2.15. The molecule has 0 spiro atoms. The third kappa shape index (κ3) is 3.04. The average molecular weight is 256 g/mol. The predicted octanol–water partition coefficient (Wildman–Crippen LogP) is 1.91. The normalized spacial score (nSPS) is 19.2. The molecule has 96 valence electrons. The highest BCUT2D eigenvalue weighted by Gasteiger charge is 2.36. The van der Waals surface area contributed by atoms with Gasteiger partial charge in [-0.25, -0.2) is 0 Å². The van der Waals surface area contributed by atoms with Crippen molar-refractivity contribution in [3.8, 4) is 0 Å². The standard InChI is InChI=1S/C15H12O4/c1-10-9-13(17)14(15(18)19-10)12(16)8-7-11-5-3-2-4-6-11/h2-9,14H,1H3. The van der Waals surface area contributed by atoms with Crippen LogP contribution >= 0.6 is 0 Å². The molecule has 4 heteroatoms. The number of rotatable bonds is 3. The van der Waals surface area contributed by atoms with Gasteiger partial charge in [-0.05, 0) is 18.6 Å². The first kappa shape index (κ1) is 13.0. The maximum absolute atomic E-state index is 11.9. The van der Waals surface area contributed by atoms with Crippen molar-refractivity contribution >= 4 is 23.6 Å². The Hall–Kier alpha value is -2.49. The van der Waals surface area contributed by atoms with Crippen LogP contribution in [0.5, 0.6) is 0 Å². The van der Waals surface area contributed by atoms with Crippen molar-refractivity contribution in [1.29, 1.82) is 0 Å². The van der Waals surface area contributed by atoms with Gasteiger partial charge >= 0.3 is 5.97 Å². The Morgan fingerprint density at radius 3 is 2.53 bits per heavy atom. The summed E-state index contributed by atoms with van der Waals surface area (Å²) in [5, 5.41) is 0. The van der Waals surface area contributed by atoms with Crippen LogP contribution in [0.2, 0.25) is 0 Å². The minimum absolute atomic E-state index is 0.214. The van der Waals surface area contributed by atoms with Gasteiger partial charge in [0.25, 0.3) is 0 Å². The van der Waals surface area contributed by atoms with Crippen LogP contribution in [-0.4, -0.2) is 17.5 Å². The Labute approximate surface area is 110 Å². The summed E-state index contributed by atoms with van der Waals surface area (Å²) in [6, 6.07) is 9.14. The fourth-order valence-corrected chi connectivity index (χ4v) is 1.74. The second kappa shape index (κ2) is 5.44. The molecule has 1 heterocycles. The maximum Gasteiger partial charge on any atom is 0.329 e. The van der Waals surface area contributed by atoms with Crippen LogP contribution < -0.4 is 0 Å². The minimum atomic E-state index is -1.37. The lowest BCUT2D eigenvalue weighted by atomic mass is 9.96. The van der Waals surface area contributed by atoms with Gasteiger partial charge in [-0.3, -0.25) is 14.4 Å². The van der Waals surface area contributed by atoms with Gasteiger partial charge in [0.15, 0.2) is 17.5 Å². The topological polar surface area (TPSA) is 60.4 Å². The number of cyclic esters (lactones) is 1. The molecule has 0 bridgehead atoms. The highest BCUT2D eigenvalue weighted by atomic mass is 16.5. The van der Waals surface area contributed by atoms with E-state index in [2.05, 4.69) is 0 Å². The van der Waals surface area contributed by atoms with Crippen molar-refractivity contribution in [3.05, 3.63) is 53.8 Å². The van der Waals surface area contributed by atoms with E-state index in [1.165, 1.54) is 19.1 Å². The van der Waals surface area contributed by atoms with Gasteiger partial charge in [0.2, 0.25) is 0 Å². The van der Waals surface area contributed by atoms with Crippen LogP contribution in [0.4, 0.5) is 0 Å². The Morgan fingerprint density at radius 2 is 1.89 bits per heavy atom. The SMILES string of the molecule is CC1=CC(=O)C(C(=O)C=Cc2ccccc2)C(=O)O1. The van der Waals surface area contributed by atoms with Crippen molar-refractivity contribution in [2.45, 2.75) is 6.92 Å². The molecule has 19 heavy (non-hydrogen) atoms. The van der Waals surface area contributed by atoms with Gasteiger partial charge < -0.3 is 4.74 Å². The first-order chi connectivity index (χ1) is 9.08. The molecule has 0 N–H and O–H groups in total. The zero-order valence-electron chi connectivity index (χ0n) is 10.3. The number of esters is 1. The fraction of sp³-hybridized carbons (Fsp3) is 0.133. The van der Waals surface area contributed by atoms with Gasteiger partial charge in [0.1, 0.15) is 5.76 Å². The molecule has 1 aliphatic heterocycles. The minimum Gasteiger partial charge on any atom is -0.430 e. The van der Waals surface area contributed by atoms with Crippen LogP contribution in [0.15, 0.2) is 48.2 Å². The highest BCUT2D eigenvalue weighted by molar-refractivity contribution is 6.25. The van der Waals surface area contributed by atoms with E-state index in [4.69, 9.17) is 4.74 Å². The van der Waals surface area contributed by atoms with Gasteiger partial charge in [-0.1, -0.05) is 36.4 Å². The van der Waals surface area contributed by atoms with Gasteiger partial charge in [0, 0.05) is 6.08 Å². The smallest absolute Gasteiger partial charge is 0.329 e. The lowest BCUT2D eigenvalue weighted by Gasteiger charge is -2.15. The van der Waals surface area contributed by atoms with E-state index in [1.807, 2.05) is 30.3 Å². The lowest BCUT2D eigenvalue weighted by molar-refractivity contribution is -0.151. The molecule has 0 saturated carbocycles. The number of benzene rings is 1. The van der Waals surface area contributed by atoms with Crippen LogP contribution in [0.1, 0.15) is 12.5 Å². The molecule has 1 unspecified atom stereocenters. The molecule has 0 amide bonds. The third-order valence-corrected chi connectivity index (χ3v) is 2.65. The molecule has 1 atom stereocenters. The summed E-state index contributed by atoms with van der Waals surface area (Å²) in [4.78, 5) is 35.0. The average Bonchev–Trinajstić information content (AvgIpc) is 2.36. The summed E-state index contributed by atoms with van der Waals surface area (Å²) >= 11 is 0. The number of hydrogen-bond acceptors (Lipinski definition) is 4. The predicted molar refractivity (Wildman–Crippen MR) is 68.8 cm³/mol. The maximum atomic E-state index is 11.9. The quantitative estimate of drug-likeness (QED) is 0.471. The van der Waals surface area contributed by atoms with Crippen LogP contribution in [-0.2, 0) is 19.1 Å². The van der Waals surface area contributed by atoms with Crippen molar-refractivity contribution in [2.24, 2.45) is 5.92 Å². The summed E-state index contributed by atoms with van der Waals surface area (Å²) in [5.41, 5.74) is 0.819. The molecule has 0 fully saturated rings. The second-order valence-electron chi connectivity index (χ2n) is 4.16. The molecule has 0 aromatic heterocycles. The zero-order valence-corrected chi connectivity index (χ0v) is 10.3. The molecule has 0 radical (unpaired) electrons. The van der Waals surface area contributed by atoms with Gasteiger partial charge in [-0.2, -0.15) is 0 Å². The zero-order chi connectivity index (χ0) is 13.8. The highest BCUT2D eigenvalue weighted by Crippen LogP contribution is 2.16. The third-order valence-electron chi connectivity index (χ3n) is 2.65. The fourth-order valence-electron chi connectivity index (χ4n) is 1.74. The molecular formula is C15H12O4. The van der Waals surface area contributed by atoms with E-state index < -0.39 is 23.5 Å². The number of allylic oxidation sites excluding steroid dienone is 3. The van der Waals surface area contributed by atoms with Crippen molar-refractivity contribution in [1.82, 2.24) is 0 Å². The van der Waals surface area contributed by atoms with Crippen molar-refractivity contribution < 1.29 is 19.1 Å². The number of ether oxygens (including phenoxy) is 1. The van der Waals surface area contributed by atoms with Crippen LogP contribution in [0.25, 0.3) is 6.08 Å². The number of carbonyl (C=O) groups is 3. The van der Waals surface area contributed by atoms with E-state index >= 15 is 0 Å². The summed E-state index contributed by atoms with van der Waals surface area (Å²) in [7, 11) is 0. The Bertz CT molecular complexity index is 581. The van der Waals surface area contributed by atoms with Crippen LogP contribution in [0.3, 0.4) is 0 Å². The summed E-state index contributed by atoms with van der Waals surface area (Å²) in [6.45, 7) is 1.50. The summed E-state index contributed by atoms with van der Waals surface area (Å²) < 4.78 is 4.79. The molecule has 4 nitrogen and oxygen atoms in total. The summed E-state index contributed by atoms with van der Waals surface area (Å²) in [6.07, 6.45) is 3.96. The molecule has 0 aliphatic carbocycles. The van der Waals surface area contributed by atoms with E-state index in [9.17, 15) is 14.4 Å².